The van der Waals surface area contributed by atoms with Crippen LogP contribution in [-0.4, -0.2) is 18.6 Å². The molecule has 2 rings (SSSR count). The molecular weight excluding hydrogens is 409 g/mol. The second kappa shape index (κ2) is 9.16. The second-order valence-electron chi connectivity index (χ2n) is 5.42. The van der Waals surface area contributed by atoms with E-state index in [1.807, 2.05) is 0 Å². The minimum atomic E-state index is -4.59. The molecule has 0 aliphatic rings. The van der Waals surface area contributed by atoms with Crippen LogP contribution in [0.4, 0.5) is 18.0 Å². The Bertz CT molecular complexity index is 1010. The van der Waals surface area contributed by atoms with Crippen molar-refractivity contribution < 1.29 is 32.2 Å². The summed E-state index contributed by atoms with van der Waals surface area (Å²) in [6.45, 7) is 0. The fraction of sp³-hybridized carbons (Fsp3) is 0.105. The van der Waals surface area contributed by atoms with Crippen molar-refractivity contribution in [1.82, 2.24) is 0 Å². The predicted octanol–water partition coefficient (Wildman–Crippen LogP) is 4.73. The van der Waals surface area contributed by atoms with E-state index < -0.39 is 17.0 Å². The number of benzene rings is 2. The number of hydrogen-bond acceptors (Lipinski definition) is 6. The van der Waals surface area contributed by atoms with Crippen molar-refractivity contribution >= 4 is 29.4 Å². The average molecular weight is 422 g/mol. The fourth-order valence-corrected chi connectivity index (χ4v) is 2.70. The van der Waals surface area contributed by atoms with E-state index in [0.29, 0.717) is 29.7 Å². The van der Waals surface area contributed by atoms with Gasteiger partial charge in [-0.25, -0.2) is 0 Å². The van der Waals surface area contributed by atoms with Crippen LogP contribution in [0.5, 0.6) is 17.2 Å². The number of hydrogen-bond donors (Lipinski definition) is 1. The van der Waals surface area contributed by atoms with E-state index in [2.05, 4.69) is 0 Å². The summed E-state index contributed by atoms with van der Waals surface area (Å²) in [7, 11) is 1.34. The van der Waals surface area contributed by atoms with Gasteiger partial charge in [0.25, 0.3) is 5.24 Å². The number of primary amides is 1. The number of nitrogens with zero attached hydrogens (tertiary/aromatic N) is 1. The number of alkyl halides is 3. The van der Waals surface area contributed by atoms with Gasteiger partial charge in [-0.1, -0.05) is 6.07 Å². The van der Waals surface area contributed by atoms with Gasteiger partial charge in [0.15, 0.2) is 17.8 Å². The van der Waals surface area contributed by atoms with E-state index in [4.69, 9.17) is 20.5 Å². The molecule has 0 unspecified atom stereocenters. The maximum absolute atomic E-state index is 12.8. The molecule has 0 aliphatic carbocycles. The normalized spacial score (nSPS) is 11.5. The number of carbonyl (C=O) groups excluding carboxylic acids is 2. The number of aldehydes is 1. The standard InChI is InChI=1S/C19H13F3N2O4S/c1-27-17-7-11(6-14(10-25)29-18(24)26)2-4-16(17)28-15-5-3-13(19(20,21)22)8-12(15)9-23/h2-8,10H,1H3,(H2,24,26)/b14-6-. The molecule has 2 aromatic carbocycles. The Kier molecular flexibility index (Phi) is 6.90. The molecule has 0 atom stereocenters. The lowest BCUT2D eigenvalue weighted by Gasteiger charge is -2.13. The SMILES string of the molecule is COc1cc(/C=C(/C=O)SC(N)=O)ccc1Oc1ccc(C(F)(F)F)cc1C#N. The minimum Gasteiger partial charge on any atom is -0.493 e. The van der Waals surface area contributed by atoms with Gasteiger partial charge in [-0.15, -0.1) is 0 Å². The number of amides is 1. The lowest BCUT2D eigenvalue weighted by molar-refractivity contribution is -0.137. The molecule has 0 spiro atoms. The highest BCUT2D eigenvalue weighted by atomic mass is 32.2. The topological polar surface area (TPSA) is 102 Å². The Morgan fingerprint density at radius 3 is 2.41 bits per heavy atom. The van der Waals surface area contributed by atoms with Gasteiger partial charge >= 0.3 is 6.18 Å². The van der Waals surface area contributed by atoms with Crippen LogP contribution in [0, 0.1) is 11.3 Å². The Morgan fingerprint density at radius 2 is 1.86 bits per heavy atom. The Balaban J connectivity index is 2.37. The summed E-state index contributed by atoms with van der Waals surface area (Å²) in [6.07, 6.45) is -2.73. The van der Waals surface area contributed by atoms with Gasteiger partial charge in [-0.3, -0.25) is 9.59 Å². The van der Waals surface area contributed by atoms with Gasteiger partial charge in [-0.05, 0) is 53.7 Å². The van der Waals surface area contributed by atoms with Crippen LogP contribution in [0.1, 0.15) is 16.7 Å². The summed E-state index contributed by atoms with van der Waals surface area (Å²) >= 11 is 0.555. The van der Waals surface area contributed by atoms with E-state index in [0.717, 1.165) is 12.1 Å². The van der Waals surface area contributed by atoms with Gasteiger partial charge in [-0.2, -0.15) is 18.4 Å². The zero-order valence-electron chi connectivity index (χ0n) is 14.8. The number of nitriles is 1. The Morgan fingerprint density at radius 1 is 1.17 bits per heavy atom. The first-order valence-corrected chi connectivity index (χ1v) is 8.61. The van der Waals surface area contributed by atoms with Crippen molar-refractivity contribution in [2.24, 2.45) is 5.73 Å². The number of nitrogens with two attached hydrogens (primary N) is 1. The zero-order chi connectivity index (χ0) is 21.6. The van der Waals surface area contributed by atoms with Crippen molar-refractivity contribution in [3.63, 3.8) is 0 Å². The molecule has 0 radical (unpaired) electrons. The third-order valence-corrected chi connectivity index (χ3v) is 4.13. The number of halogens is 3. The quantitative estimate of drug-likeness (QED) is 0.533. The summed E-state index contributed by atoms with van der Waals surface area (Å²) in [5.41, 5.74) is 4.25. The van der Waals surface area contributed by atoms with Crippen LogP contribution >= 0.6 is 11.8 Å². The predicted molar refractivity (Wildman–Crippen MR) is 100 cm³/mol. The van der Waals surface area contributed by atoms with Crippen LogP contribution in [0.15, 0.2) is 41.3 Å². The van der Waals surface area contributed by atoms with Crippen molar-refractivity contribution in [1.29, 1.82) is 5.26 Å². The molecule has 29 heavy (non-hydrogen) atoms. The maximum Gasteiger partial charge on any atom is 0.416 e. The fourth-order valence-electron chi connectivity index (χ4n) is 2.23. The number of methoxy groups -OCH3 is 1. The third kappa shape index (κ3) is 5.76. The van der Waals surface area contributed by atoms with Gasteiger partial charge in [0.1, 0.15) is 11.8 Å². The Hall–Kier alpha value is -3.45. The molecule has 2 N–H and O–H groups in total. The summed E-state index contributed by atoms with van der Waals surface area (Å²) < 4.78 is 49.2. The Labute approximate surface area is 167 Å². The average Bonchev–Trinajstić information content (AvgIpc) is 2.67. The molecule has 2 aromatic rings. The molecule has 0 fully saturated rings. The zero-order valence-corrected chi connectivity index (χ0v) is 15.6. The van der Waals surface area contributed by atoms with Crippen LogP contribution in [0.2, 0.25) is 0 Å². The van der Waals surface area contributed by atoms with Crippen molar-refractivity contribution in [3.8, 4) is 23.3 Å². The molecule has 0 heterocycles. The molecule has 0 aliphatic heterocycles. The van der Waals surface area contributed by atoms with Crippen molar-refractivity contribution in [2.45, 2.75) is 6.18 Å². The van der Waals surface area contributed by atoms with E-state index in [-0.39, 0.29) is 27.7 Å². The van der Waals surface area contributed by atoms with E-state index in [9.17, 15) is 22.8 Å². The van der Waals surface area contributed by atoms with Gasteiger partial charge in [0.2, 0.25) is 0 Å². The van der Waals surface area contributed by atoms with Crippen LogP contribution < -0.4 is 15.2 Å². The number of ether oxygens (including phenoxy) is 2. The third-order valence-electron chi connectivity index (χ3n) is 3.48. The van der Waals surface area contributed by atoms with E-state index in [1.165, 1.54) is 31.4 Å². The second-order valence-corrected chi connectivity index (χ2v) is 6.50. The molecule has 10 heteroatoms. The summed E-state index contributed by atoms with van der Waals surface area (Å²) in [5.74, 6) is 0.243. The first-order valence-electron chi connectivity index (χ1n) is 7.79. The lowest BCUT2D eigenvalue weighted by atomic mass is 10.1. The first-order chi connectivity index (χ1) is 13.7. The number of thioether (sulfide) groups is 1. The molecule has 0 bridgehead atoms. The largest absolute Gasteiger partial charge is 0.493 e. The van der Waals surface area contributed by atoms with E-state index >= 15 is 0 Å². The highest BCUT2D eigenvalue weighted by Crippen LogP contribution is 2.37. The van der Waals surface area contributed by atoms with Crippen LogP contribution in [0.25, 0.3) is 6.08 Å². The smallest absolute Gasteiger partial charge is 0.416 e. The molecular formula is C19H13F3N2O4S. The van der Waals surface area contributed by atoms with Gasteiger partial charge in [0, 0.05) is 0 Å². The lowest BCUT2D eigenvalue weighted by Crippen LogP contribution is -2.05. The first kappa shape index (κ1) is 21.8. The van der Waals surface area contributed by atoms with Gasteiger partial charge in [0.05, 0.1) is 23.1 Å². The number of rotatable bonds is 6. The molecule has 0 saturated carbocycles. The van der Waals surface area contributed by atoms with E-state index in [1.54, 1.807) is 6.07 Å². The van der Waals surface area contributed by atoms with Crippen molar-refractivity contribution in [2.75, 3.05) is 7.11 Å². The molecule has 0 aromatic heterocycles. The summed E-state index contributed by atoms with van der Waals surface area (Å²) in [4.78, 5) is 22.0. The van der Waals surface area contributed by atoms with Crippen LogP contribution in [0.3, 0.4) is 0 Å². The summed E-state index contributed by atoms with van der Waals surface area (Å²) in [5, 5.41) is 8.40. The molecule has 1 amide bonds. The molecule has 150 valence electrons. The molecule has 6 nitrogen and oxygen atoms in total. The monoisotopic (exact) mass is 422 g/mol. The van der Waals surface area contributed by atoms with Crippen LogP contribution in [-0.2, 0) is 11.0 Å². The summed E-state index contributed by atoms with van der Waals surface area (Å²) in [6, 6.07) is 8.66. The number of carbonyl (C=O) groups is 2. The van der Waals surface area contributed by atoms with Gasteiger partial charge < -0.3 is 15.2 Å². The highest BCUT2D eigenvalue weighted by molar-refractivity contribution is 8.17. The maximum atomic E-state index is 12.8. The highest BCUT2D eigenvalue weighted by Gasteiger charge is 2.31. The number of allylic oxidation sites excluding steroid dienone is 1. The molecule has 0 saturated heterocycles. The van der Waals surface area contributed by atoms with Crippen molar-refractivity contribution in [3.05, 3.63) is 58.0 Å². The minimum absolute atomic E-state index is 0.0720.